The van der Waals surface area contributed by atoms with Crippen LogP contribution in [0.2, 0.25) is 0 Å². The second-order valence-electron chi connectivity index (χ2n) is 4.01. The summed E-state index contributed by atoms with van der Waals surface area (Å²) in [7, 11) is 1.65. The van der Waals surface area contributed by atoms with Crippen molar-refractivity contribution < 1.29 is 18.0 Å². The highest BCUT2D eigenvalue weighted by Crippen LogP contribution is 2.28. The van der Waals surface area contributed by atoms with Crippen LogP contribution in [-0.4, -0.2) is 25.8 Å². The number of rotatable bonds is 3. The van der Waals surface area contributed by atoms with Gasteiger partial charge in [-0.25, -0.2) is 14.8 Å². The van der Waals surface area contributed by atoms with Crippen LogP contribution in [0, 0.1) is 0 Å². The van der Waals surface area contributed by atoms with Gasteiger partial charge in [0.1, 0.15) is 23.7 Å². The first kappa shape index (κ1) is 14.8. The van der Waals surface area contributed by atoms with Crippen molar-refractivity contribution in [2.24, 2.45) is 7.05 Å². The number of aromatic nitrogens is 4. The normalized spacial score (nSPS) is 11.2. The number of alkyl halides is 3. The zero-order valence-corrected chi connectivity index (χ0v) is 10.8. The van der Waals surface area contributed by atoms with E-state index in [-0.39, 0.29) is 12.4 Å². The average Bonchev–Trinajstić information content (AvgIpc) is 2.81. The van der Waals surface area contributed by atoms with Crippen LogP contribution in [0.4, 0.5) is 23.8 Å². The van der Waals surface area contributed by atoms with Gasteiger partial charge < -0.3 is 5.32 Å². The number of amides is 2. The van der Waals surface area contributed by atoms with Crippen LogP contribution < -0.4 is 10.6 Å². The Morgan fingerprint density at radius 2 is 2.14 bits per heavy atom. The third-order valence-electron chi connectivity index (χ3n) is 2.49. The van der Waals surface area contributed by atoms with Crippen molar-refractivity contribution in [3.8, 4) is 0 Å². The van der Waals surface area contributed by atoms with E-state index in [9.17, 15) is 18.0 Å². The fraction of sp³-hybridized carbons (Fsp3) is 0.273. The maximum atomic E-state index is 12.5. The van der Waals surface area contributed by atoms with Crippen molar-refractivity contribution >= 4 is 11.8 Å². The SMILES string of the molecule is Cn1ncnc1CNC(=O)Nc1cccc(C(F)(F)F)n1. The summed E-state index contributed by atoms with van der Waals surface area (Å²) in [6.07, 6.45) is -3.24. The summed E-state index contributed by atoms with van der Waals surface area (Å²) in [5.74, 6) is 0.308. The van der Waals surface area contributed by atoms with Gasteiger partial charge in [-0.1, -0.05) is 6.07 Å². The number of nitrogens with zero attached hydrogens (tertiary/aromatic N) is 4. The molecule has 0 saturated carbocycles. The molecule has 2 aromatic heterocycles. The zero-order valence-electron chi connectivity index (χ0n) is 10.8. The van der Waals surface area contributed by atoms with Gasteiger partial charge >= 0.3 is 12.2 Å². The number of anilines is 1. The fourth-order valence-electron chi connectivity index (χ4n) is 1.46. The van der Waals surface area contributed by atoms with Crippen LogP contribution in [-0.2, 0) is 19.8 Å². The molecule has 0 atom stereocenters. The molecule has 2 aromatic rings. The molecule has 2 amide bonds. The van der Waals surface area contributed by atoms with E-state index >= 15 is 0 Å². The van der Waals surface area contributed by atoms with Crippen molar-refractivity contribution in [3.05, 3.63) is 36.0 Å². The predicted molar refractivity (Wildman–Crippen MR) is 66.1 cm³/mol. The van der Waals surface area contributed by atoms with E-state index in [1.165, 1.54) is 17.1 Å². The van der Waals surface area contributed by atoms with Crippen molar-refractivity contribution in [2.45, 2.75) is 12.7 Å². The third-order valence-corrected chi connectivity index (χ3v) is 2.49. The molecule has 0 bridgehead atoms. The van der Waals surface area contributed by atoms with Gasteiger partial charge in [-0.05, 0) is 12.1 Å². The van der Waals surface area contributed by atoms with Crippen LogP contribution in [0.25, 0.3) is 0 Å². The van der Waals surface area contributed by atoms with Crippen LogP contribution in [0.3, 0.4) is 0 Å². The number of carbonyl (C=O) groups excluding carboxylic acids is 1. The lowest BCUT2D eigenvalue weighted by Gasteiger charge is -2.09. The molecule has 0 spiro atoms. The lowest BCUT2D eigenvalue weighted by Crippen LogP contribution is -2.29. The number of halogens is 3. The molecule has 2 rings (SSSR count). The Morgan fingerprint density at radius 1 is 1.38 bits per heavy atom. The highest BCUT2D eigenvalue weighted by Gasteiger charge is 2.32. The smallest absolute Gasteiger partial charge is 0.331 e. The molecule has 0 aliphatic carbocycles. The van der Waals surface area contributed by atoms with E-state index in [1.54, 1.807) is 7.05 Å². The lowest BCUT2D eigenvalue weighted by molar-refractivity contribution is -0.141. The quantitative estimate of drug-likeness (QED) is 0.900. The van der Waals surface area contributed by atoms with Crippen LogP contribution in [0.1, 0.15) is 11.5 Å². The molecule has 0 radical (unpaired) electrons. The first-order valence-electron chi connectivity index (χ1n) is 5.78. The molecule has 10 heteroatoms. The molecule has 2 N–H and O–H groups in total. The van der Waals surface area contributed by atoms with Crippen LogP contribution >= 0.6 is 0 Å². The Balaban J connectivity index is 1.95. The summed E-state index contributed by atoms with van der Waals surface area (Å²) in [5, 5.41) is 8.47. The van der Waals surface area contributed by atoms with E-state index < -0.39 is 17.9 Å². The minimum Gasteiger partial charge on any atom is -0.331 e. The summed E-state index contributed by atoms with van der Waals surface area (Å²) < 4.78 is 38.9. The molecule has 7 nitrogen and oxygen atoms in total. The Kier molecular flexibility index (Phi) is 4.05. The molecule has 2 heterocycles. The van der Waals surface area contributed by atoms with Crippen molar-refractivity contribution in [2.75, 3.05) is 5.32 Å². The van der Waals surface area contributed by atoms with Crippen molar-refractivity contribution in [3.63, 3.8) is 0 Å². The molecular formula is C11H11F3N6O. The second-order valence-corrected chi connectivity index (χ2v) is 4.01. The maximum Gasteiger partial charge on any atom is 0.433 e. The van der Waals surface area contributed by atoms with Crippen molar-refractivity contribution in [1.82, 2.24) is 25.1 Å². The Labute approximate surface area is 117 Å². The minimum atomic E-state index is -4.56. The predicted octanol–water partition coefficient (Wildman–Crippen LogP) is 1.55. The van der Waals surface area contributed by atoms with E-state index in [0.717, 1.165) is 12.1 Å². The number of nitrogens with one attached hydrogen (secondary N) is 2. The molecule has 0 aromatic carbocycles. The Hall–Kier alpha value is -2.65. The molecular weight excluding hydrogens is 289 g/mol. The van der Waals surface area contributed by atoms with Gasteiger partial charge in [0.2, 0.25) is 0 Å². The molecule has 0 aliphatic heterocycles. The molecule has 0 unspecified atom stereocenters. The lowest BCUT2D eigenvalue weighted by atomic mass is 10.3. The van der Waals surface area contributed by atoms with Gasteiger partial charge in [0.15, 0.2) is 0 Å². The summed E-state index contributed by atoms with van der Waals surface area (Å²) in [5.41, 5.74) is -1.08. The van der Waals surface area contributed by atoms with Gasteiger partial charge in [0.05, 0.1) is 6.54 Å². The van der Waals surface area contributed by atoms with Crippen molar-refractivity contribution in [1.29, 1.82) is 0 Å². The first-order chi connectivity index (χ1) is 9.86. The van der Waals surface area contributed by atoms with Crippen LogP contribution in [0.15, 0.2) is 24.5 Å². The molecule has 112 valence electrons. The second kappa shape index (κ2) is 5.77. The first-order valence-corrected chi connectivity index (χ1v) is 5.78. The van der Waals surface area contributed by atoms with Gasteiger partial charge in [-0.15, -0.1) is 0 Å². The number of hydrogen-bond acceptors (Lipinski definition) is 4. The molecule has 0 saturated heterocycles. The standard InChI is InChI=1S/C11H11F3N6O/c1-20-9(16-6-17-20)5-15-10(21)19-8-4-2-3-7(18-8)11(12,13)14/h2-4,6H,5H2,1H3,(H2,15,18,19,21). The summed E-state index contributed by atoms with van der Waals surface area (Å²) in [4.78, 5) is 18.8. The third kappa shape index (κ3) is 3.91. The Bertz CT molecular complexity index is 639. The number of aryl methyl sites for hydroxylation is 1. The van der Waals surface area contributed by atoms with Crippen LogP contribution in [0.5, 0.6) is 0 Å². The number of pyridine rings is 1. The van der Waals surface area contributed by atoms with E-state index in [4.69, 9.17) is 0 Å². The average molecular weight is 300 g/mol. The highest BCUT2D eigenvalue weighted by atomic mass is 19.4. The van der Waals surface area contributed by atoms with Gasteiger partial charge in [-0.3, -0.25) is 10.00 Å². The molecule has 0 aliphatic rings. The maximum absolute atomic E-state index is 12.5. The van der Waals surface area contributed by atoms with E-state index in [1.807, 2.05) is 0 Å². The number of urea groups is 1. The molecule has 0 fully saturated rings. The summed E-state index contributed by atoms with van der Waals surface area (Å²) in [6.45, 7) is 0.0846. The summed E-state index contributed by atoms with van der Waals surface area (Å²) >= 11 is 0. The zero-order chi connectivity index (χ0) is 15.5. The van der Waals surface area contributed by atoms with Gasteiger partial charge in [0, 0.05) is 7.05 Å². The number of hydrogen-bond donors (Lipinski definition) is 2. The largest absolute Gasteiger partial charge is 0.433 e. The fourth-order valence-corrected chi connectivity index (χ4v) is 1.46. The highest BCUT2D eigenvalue weighted by molar-refractivity contribution is 5.88. The number of carbonyl (C=O) groups is 1. The topological polar surface area (TPSA) is 84.7 Å². The van der Waals surface area contributed by atoms with E-state index in [2.05, 4.69) is 25.7 Å². The van der Waals surface area contributed by atoms with Gasteiger partial charge in [-0.2, -0.15) is 18.3 Å². The minimum absolute atomic E-state index is 0.0846. The summed E-state index contributed by atoms with van der Waals surface area (Å²) in [6, 6.07) is 2.55. The monoisotopic (exact) mass is 300 g/mol. The Morgan fingerprint density at radius 3 is 2.76 bits per heavy atom. The van der Waals surface area contributed by atoms with E-state index in [0.29, 0.717) is 5.82 Å². The molecule has 21 heavy (non-hydrogen) atoms. The van der Waals surface area contributed by atoms with Gasteiger partial charge in [0.25, 0.3) is 0 Å².